The summed E-state index contributed by atoms with van der Waals surface area (Å²) in [6.45, 7) is 7.17. The molecule has 0 radical (unpaired) electrons. The first kappa shape index (κ1) is 23.5. The number of allylic oxidation sites excluding steroid dienone is 1. The number of H-pyrrole nitrogens is 1. The maximum Gasteiger partial charge on any atom is 0.570 e. The number of rotatable bonds is 8. The average molecular weight is 486 g/mol. The number of anilines is 1. The summed E-state index contributed by atoms with van der Waals surface area (Å²) in [5.41, 5.74) is 2.10. The van der Waals surface area contributed by atoms with Crippen molar-refractivity contribution >= 4 is 31.3 Å². The Bertz CT molecular complexity index is 1100. The van der Waals surface area contributed by atoms with Gasteiger partial charge in [-0.25, -0.2) is 4.98 Å². The predicted molar refractivity (Wildman–Crippen MR) is 113 cm³/mol. The third kappa shape index (κ3) is 4.86. The Morgan fingerprint density at radius 1 is 1.45 bits per heavy atom. The Balaban J connectivity index is 1.69. The zero-order valence-electron chi connectivity index (χ0n) is 18.0. The predicted octanol–water partition coefficient (Wildman–Crippen LogP) is 1.07. The van der Waals surface area contributed by atoms with Crippen molar-refractivity contribution in [3.8, 4) is 0 Å². The van der Waals surface area contributed by atoms with E-state index in [1.165, 1.54) is 10.9 Å². The topological polar surface area (TPSA) is 179 Å². The van der Waals surface area contributed by atoms with Gasteiger partial charge >= 0.3 is 14.1 Å². The standard InChI is InChI=1S/C18H24N5O9P/c1-4-6-11(24)30-14-13-10(7-28-33(26,27)32-13)29-17(14)23-8-19-12-15(23)20-18(21-16(12)25)22-31-9(3)5-2/h8,10,13-14,17,26-27H,3-7H2,1-2H3,(H-,20,21,22,25)/p+1. The monoisotopic (exact) mass is 486 g/mol. The molecule has 0 bridgehead atoms. The fourth-order valence-electron chi connectivity index (χ4n) is 3.45. The van der Waals surface area contributed by atoms with Crippen molar-refractivity contribution in [1.82, 2.24) is 19.5 Å². The smallest absolute Gasteiger partial charge is 0.454 e. The molecule has 2 aromatic rings. The summed E-state index contributed by atoms with van der Waals surface area (Å²) in [6.07, 6.45) is -1.34. The molecule has 4 unspecified atom stereocenters. The van der Waals surface area contributed by atoms with Crippen LogP contribution in [-0.2, 0) is 28.2 Å². The minimum Gasteiger partial charge on any atom is -0.454 e. The Kier molecular flexibility index (Phi) is 6.66. The minimum absolute atomic E-state index is 0.00552. The van der Waals surface area contributed by atoms with Crippen LogP contribution in [0, 0.1) is 0 Å². The van der Waals surface area contributed by atoms with Gasteiger partial charge in [0.05, 0.1) is 6.33 Å². The Labute approximate surface area is 188 Å². The fraction of sp³-hybridized carbons (Fsp3) is 0.556. The van der Waals surface area contributed by atoms with E-state index < -0.39 is 44.2 Å². The lowest BCUT2D eigenvalue weighted by molar-refractivity contribution is -0.158. The molecule has 0 aromatic carbocycles. The van der Waals surface area contributed by atoms with Crippen LogP contribution in [0.3, 0.4) is 0 Å². The van der Waals surface area contributed by atoms with Crippen LogP contribution < -0.4 is 11.0 Å². The lowest BCUT2D eigenvalue weighted by Crippen LogP contribution is -2.42. The number of nitrogens with zero attached hydrogens (tertiary/aromatic N) is 3. The number of esters is 1. The first-order valence-corrected chi connectivity index (χ1v) is 11.8. The highest BCUT2D eigenvalue weighted by atomic mass is 31.2. The summed E-state index contributed by atoms with van der Waals surface area (Å²) < 4.78 is 23.2. The molecule has 2 aromatic heterocycles. The summed E-state index contributed by atoms with van der Waals surface area (Å²) >= 11 is 0. The number of carbonyl (C=O) groups is 1. The van der Waals surface area contributed by atoms with Gasteiger partial charge in [0.15, 0.2) is 29.6 Å². The molecule has 33 heavy (non-hydrogen) atoms. The molecule has 4 N–H and O–H groups in total. The van der Waals surface area contributed by atoms with E-state index in [-0.39, 0.29) is 30.1 Å². The van der Waals surface area contributed by atoms with Crippen LogP contribution in [0.4, 0.5) is 5.95 Å². The number of imidazole rings is 1. The Hall–Kier alpha value is -2.61. The average Bonchev–Trinajstić information content (AvgIpc) is 3.33. The van der Waals surface area contributed by atoms with Crippen molar-refractivity contribution in [2.45, 2.75) is 57.6 Å². The lowest BCUT2D eigenvalue weighted by Gasteiger charge is -2.26. The molecule has 0 aliphatic carbocycles. The molecule has 0 amide bonds. The molecular formula is C18H25N5O9P+. The van der Waals surface area contributed by atoms with Crippen molar-refractivity contribution in [1.29, 1.82) is 0 Å². The van der Waals surface area contributed by atoms with Gasteiger partial charge in [0, 0.05) is 12.8 Å². The number of aromatic amines is 1. The van der Waals surface area contributed by atoms with Crippen molar-refractivity contribution in [3.63, 3.8) is 0 Å². The zero-order valence-corrected chi connectivity index (χ0v) is 18.9. The van der Waals surface area contributed by atoms with Crippen LogP contribution in [0.2, 0.25) is 0 Å². The number of carbonyl (C=O) groups excluding carboxylic acids is 1. The van der Waals surface area contributed by atoms with Gasteiger partial charge in [-0.2, -0.15) is 24.8 Å². The van der Waals surface area contributed by atoms with Gasteiger partial charge in [-0.15, -0.1) is 4.52 Å². The summed E-state index contributed by atoms with van der Waals surface area (Å²) in [4.78, 5) is 60.7. The van der Waals surface area contributed by atoms with Crippen molar-refractivity contribution in [2.24, 2.45) is 0 Å². The number of fused-ring (bicyclic) bond motifs is 2. The molecule has 14 nitrogen and oxygen atoms in total. The highest BCUT2D eigenvalue weighted by Crippen LogP contribution is 2.59. The summed E-state index contributed by atoms with van der Waals surface area (Å²) in [5, 5.41) is 0. The second-order valence-electron chi connectivity index (χ2n) is 7.46. The number of aromatic nitrogens is 4. The lowest BCUT2D eigenvalue weighted by atomic mass is 10.1. The SMILES string of the molecule is C=C(CC)ONc1nc2c(ncn2C2OC3CO[P+](O)(O)OC3C2OC(=O)CCC)c(=O)[nH]1. The van der Waals surface area contributed by atoms with Gasteiger partial charge in [-0.1, -0.05) is 20.4 Å². The maximum atomic E-state index is 12.5. The van der Waals surface area contributed by atoms with Crippen molar-refractivity contribution in [2.75, 3.05) is 12.1 Å². The van der Waals surface area contributed by atoms with E-state index in [4.69, 9.17) is 23.4 Å². The first-order chi connectivity index (χ1) is 15.7. The Morgan fingerprint density at radius 2 is 2.24 bits per heavy atom. The minimum atomic E-state index is -4.09. The molecule has 2 fully saturated rings. The van der Waals surface area contributed by atoms with Crippen molar-refractivity contribution < 1.29 is 37.9 Å². The van der Waals surface area contributed by atoms with E-state index in [0.717, 1.165) is 0 Å². The Morgan fingerprint density at radius 3 is 2.97 bits per heavy atom. The molecule has 2 saturated heterocycles. The van der Waals surface area contributed by atoms with Crippen LogP contribution in [-0.4, -0.2) is 60.2 Å². The van der Waals surface area contributed by atoms with Gasteiger partial charge < -0.3 is 14.3 Å². The highest BCUT2D eigenvalue weighted by Gasteiger charge is 2.61. The van der Waals surface area contributed by atoms with Crippen LogP contribution in [0.5, 0.6) is 0 Å². The molecule has 2 aliphatic heterocycles. The molecular weight excluding hydrogens is 461 g/mol. The normalized spacial score (nSPS) is 26.1. The number of nitrogens with one attached hydrogen (secondary N) is 2. The molecule has 0 spiro atoms. The first-order valence-electron chi connectivity index (χ1n) is 10.3. The largest absolute Gasteiger partial charge is 0.570 e. The van der Waals surface area contributed by atoms with E-state index >= 15 is 0 Å². The summed E-state index contributed by atoms with van der Waals surface area (Å²) in [5.74, 6) is -0.0981. The van der Waals surface area contributed by atoms with E-state index in [0.29, 0.717) is 18.6 Å². The maximum absolute atomic E-state index is 12.5. The van der Waals surface area contributed by atoms with Crippen LogP contribution >= 0.6 is 8.17 Å². The highest BCUT2D eigenvalue weighted by molar-refractivity contribution is 7.54. The van der Waals surface area contributed by atoms with Gasteiger partial charge in [0.25, 0.3) is 5.56 Å². The van der Waals surface area contributed by atoms with Crippen LogP contribution in [0.25, 0.3) is 11.2 Å². The molecule has 2 aliphatic rings. The van der Waals surface area contributed by atoms with Crippen LogP contribution in [0.15, 0.2) is 23.5 Å². The number of hydrogen-bond acceptors (Lipinski definition) is 12. The molecule has 4 heterocycles. The number of ether oxygens (including phenoxy) is 2. The van der Waals surface area contributed by atoms with Crippen LogP contribution in [0.1, 0.15) is 39.3 Å². The molecule has 0 saturated carbocycles. The summed E-state index contributed by atoms with van der Waals surface area (Å²) in [6, 6.07) is 0. The van der Waals surface area contributed by atoms with E-state index in [9.17, 15) is 19.4 Å². The van der Waals surface area contributed by atoms with E-state index in [2.05, 4.69) is 27.0 Å². The van der Waals surface area contributed by atoms with Gasteiger partial charge in [-0.3, -0.25) is 19.1 Å². The van der Waals surface area contributed by atoms with Gasteiger partial charge in [0.2, 0.25) is 5.95 Å². The molecule has 4 rings (SSSR count). The zero-order chi connectivity index (χ0) is 23.8. The third-order valence-electron chi connectivity index (χ3n) is 5.07. The van der Waals surface area contributed by atoms with Gasteiger partial charge in [0.1, 0.15) is 18.5 Å². The third-order valence-corrected chi connectivity index (χ3v) is 6.07. The molecule has 15 heteroatoms. The summed E-state index contributed by atoms with van der Waals surface area (Å²) in [7, 11) is -4.09. The second kappa shape index (κ2) is 9.33. The van der Waals surface area contributed by atoms with Crippen molar-refractivity contribution in [3.05, 3.63) is 29.0 Å². The quantitative estimate of drug-likeness (QED) is 0.181. The fourth-order valence-corrected chi connectivity index (χ4v) is 4.42. The van der Waals surface area contributed by atoms with Gasteiger partial charge in [-0.05, 0) is 6.42 Å². The van der Waals surface area contributed by atoms with E-state index in [1.807, 2.05) is 13.8 Å². The van der Waals surface area contributed by atoms with E-state index in [1.54, 1.807) is 0 Å². The molecule has 4 atom stereocenters. The second-order valence-corrected chi connectivity index (χ2v) is 8.91. The number of hydrogen-bond donors (Lipinski definition) is 4. The molecule has 180 valence electrons.